The Labute approximate surface area is 78.1 Å². The Morgan fingerprint density at radius 1 is 1.46 bits per heavy atom. The first-order valence-electron chi connectivity index (χ1n) is 4.97. The van der Waals surface area contributed by atoms with Crippen LogP contribution in [0.15, 0.2) is 0 Å². The Morgan fingerprint density at radius 3 is 2.92 bits per heavy atom. The van der Waals surface area contributed by atoms with Crippen LogP contribution in [0.25, 0.3) is 0 Å². The van der Waals surface area contributed by atoms with Crippen molar-refractivity contribution in [3.63, 3.8) is 0 Å². The van der Waals surface area contributed by atoms with Crippen LogP contribution in [0.4, 0.5) is 0 Å². The molecule has 0 aliphatic heterocycles. The highest BCUT2D eigenvalue weighted by atomic mass is 16.6. The van der Waals surface area contributed by atoms with E-state index in [1.165, 1.54) is 7.11 Å². The summed E-state index contributed by atoms with van der Waals surface area (Å²) in [5.74, 6) is 1.22. The number of carbonyl (C=O) groups excluding carboxylic acids is 1. The maximum Gasteiger partial charge on any atom is 0.157 e. The highest BCUT2D eigenvalue weighted by Crippen LogP contribution is 2.46. The summed E-state index contributed by atoms with van der Waals surface area (Å²) < 4.78 is 4.92. The number of carbonyl (C=O) groups is 1. The molecular weight excluding hydrogens is 168 g/mol. The molecule has 0 bridgehead atoms. The summed E-state index contributed by atoms with van der Waals surface area (Å²) in [7, 11) is 1.52. The van der Waals surface area contributed by atoms with Crippen molar-refractivity contribution in [3.05, 3.63) is 0 Å². The molecule has 13 heavy (non-hydrogen) atoms. The summed E-state index contributed by atoms with van der Waals surface area (Å²) >= 11 is 0. The fourth-order valence-electron chi connectivity index (χ4n) is 2.94. The molecule has 0 aromatic carbocycles. The Bertz CT molecular complexity index is 214. The highest BCUT2D eigenvalue weighted by molar-refractivity contribution is 5.83. The van der Waals surface area contributed by atoms with Gasteiger partial charge in [0.15, 0.2) is 6.29 Å². The van der Waals surface area contributed by atoms with E-state index in [1.807, 2.05) is 0 Å². The number of hydrogen-bond acceptors (Lipinski definition) is 3. The van der Waals surface area contributed by atoms with E-state index in [4.69, 9.17) is 4.74 Å². The predicted molar refractivity (Wildman–Crippen MR) is 47.0 cm³/mol. The molecule has 2 aliphatic carbocycles. The van der Waals surface area contributed by atoms with Gasteiger partial charge < -0.3 is 9.84 Å². The van der Waals surface area contributed by atoms with Crippen LogP contribution in [-0.4, -0.2) is 24.3 Å². The quantitative estimate of drug-likeness (QED) is 0.650. The first-order chi connectivity index (χ1) is 6.24. The van der Waals surface area contributed by atoms with Crippen molar-refractivity contribution in [2.24, 2.45) is 17.8 Å². The molecule has 2 saturated carbocycles. The smallest absolute Gasteiger partial charge is 0.157 e. The SMILES string of the molecule is COC(O)C1CCC2C(=O)CC[C@@H]21. The van der Waals surface area contributed by atoms with Crippen LogP contribution in [0.3, 0.4) is 0 Å². The summed E-state index contributed by atoms with van der Waals surface area (Å²) in [6.45, 7) is 0. The van der Waals surface area contributed by atoms with Gasteiger partial charge in [0.2, 0.25) is 0 Å². The summed E-state index contributed by atoms with van der Waals surface area (Å²) in [6.07, 6.45) is 2.89. The van der Waals surface area contributed by atoms with Crippen molar-refractivity contribution in [2.45, 2.75) is 32.0 Å². The van der Waals surface area contributed by atoms with Gasteiger partial charge in [0.05, 0.1) is 0 Å². The van der Waals surface area contributed by atoms with Gasteiger partial charge in [-0.15, -0.1) is 0 Å². The second-order valence-corrected chi connectivity index (χ2v) is 4.14. The molecule has 0 heterocycles. The molecule has 0 aromatic rings. The molecule has 0 radical (unpaired) electrons. The number of methoxy groups -OCH3 is 1. The summed E-state index contributed by atoms with van der Waals surface area (Å²) in [4.78, 5) is 11.4. The minimum absolute atomic E-state index is 0.196. The van der Waals surface area contributed by atoms with E-state index in [0.717, 1.165) is 19.3 Å². The van der Waals surface area contributed by atoms with Gasteiger partial charge >= 0.3 is 0 Å². The van der Waals surface area contributed by atoms with E-state index in [1.54, 1.807) is 0 Å². The van der Waals surface area contributed by atoms with Crippen LogP contribution >= 0.6 is 0 Å². The maximum absolute atomic E-state index is 11.4. The number of rotatable bonds is 2. The van der Waals surface area contributed by atoms with Crippen LogP contribution in [-0.2, 0) is 9.53 Å². The Kier molecular flexibility index (Phi) is 2.39. The number of fused-ring (bicyclic) bond motifs is 1. The van der Waals surface area contributed by atoms with Gasteiger partial charge in [-0.05, 0) is 25.2 Å². The van der Waals surface area contributed by atoms with Crippen molar-refractivity contribution < 1.29 is 14.6 Å². The van der Waals surface area contributed by atoms with Gasteiger partial charge in [-0.25, -0.2) is 0 Å². The zero-order chi connectivity index (χ0) is 9.42. The lowest BCUT2D eigenvalue weighted by Gasteiger charge is -2.22. The van der Waals surface area contributed by atoms with E-state index in [-0.39, 0.29) is 11.8 Å². The number of ether oxygens (including phenoxy) is 1. The molecule has 0 aromatic heterocycles. The summed E-state index contributed by atoms with van der Waals surface area (Å²) in [6, 6.07) is 0. The molecule has 74 valence electrons. The Balaban J connectivity index is 2.06. The average molecular weight is 184 g/mol. The molecule has 3 heteroatoms. The number of aliphatic hydroxyl groups excluding tert-OH is 1. The molecule has 2 rings (SSSR count). The fraction of sp³-hybridized carbons (Fsp3) is 0.900. The summed E-state index contributed by atoms with van der Waals surface area (Å²) in [5.41, 5.74) is 0. The van der Waals surface area contributed by atoms with Gasteiger partial charge in [0, 0.05) is 25.4 Å². The van der Waals surface area contributed by atoms with Gasteiger partial charge in [-0.2, -0.15) is 0 Å². The van der Waals surface area contributed by atoms with Gasteiger partial charge in [-0.1, -0.05) is 0 Å². The molecule has 0 amide bonds. The van der Waals surface area contributed by atoms with Crippen molar-refractivity contribution in [1.29, 1.82) is 0 Å². The zero-order valence-electron chi connectivity index (χ0n) is 7.90. The summed E-state index contributed by atoms with van der Waals surface area (Å²) in [5, 5.41) is 9.56. The van der Waals surface area contributed by atoms with E-state index in [9.17, 15) is 9.90 Å². The third kappa shape index (κ3) is 1.40. The molecule has 2 aliphatic rings. The van der Waals surface area contributed by atoms with Crippen molar-refractivity contribution in [2.75, 3.05) is 7.11 Å². The molecular formula is C10H16O3. The number of aliphatic hydroxyl groups is 1. The third-order valence-electron chi connectivity index (χ3n) is 3.62. The average Bonchev–Trinajstić information content (AvgIpc) is 2.68. The Morgan fingerprint density at radius 2 is 2.23 bits per heavy atom. The van der Waals surface area contributed by atoms with Crippen molar-refractivity contribution in [3.8, 4) is 0 Å². The van der Waals surface area contributed by atoms with Crippen LogP contribution in [0.5, 0.6) is 0 Å². The lowest BCUT2D eigenvalue weighted by atomic mass is 9.91. The number of hydrogen-bond donors (Lipinski definition) is 1. The minimum atomic E-state index is -0.666. The first-order valence-corrected chi connectivity index (χ1v) is 4.97. The number of ketones is 1. The van der Waals surface area contributed by atoms with Crippen LogP contribution in [0.1, 0.15) is 25.7 Å². The lowest BCUT2D eigenvalue weighted by molar-refractivity contribution is -0.125. The highest BCUT2D eigenvalue weighted by Gasteiger charge is 2.46. The van der Waals surface area contributed by atoms with Crippen molar-refractivity contribution in [1.82, 2.24) is 0 Å². The molecule has 0 saturated heterocycles. The van der Waals surface area contributed by atoms with E-state index in [0.29, 0.717) is 18.1 Å². The standard InChI is InChI=1S/C10H16O3/c1-13-10(12)8-3-2-7-6(8)4-5-9(7)11/h6-8,10,12H,2-5H2,1H3/t6-,7?,8?,10?/m0/s1. The van der Waals surface area contributed by atoms with E-state index >= 15 is 0 Å². The normalized spacial score (nSPS) is 40.8. The first kappa shape index (κ1) is 9.16. The largest absolute Gasteiger partial charge is 0.368 e. The van der Waals surface area contributed by atoms with Gasteiger partial charge in [0.25, 0.3) is 0 Å². The number of Topliss-reactive ketones (excluding diaryl/α,β-unsaturated/α-hetero) is 1. The van der Waals surface area contributed by atoms with Crippen LogP contribution in [0, 0.1) is 17.8 Å². The van der Waals surface area contributed by atoms with E-state index < -0.39 is 6.29 Å². The second kappa shape index (κ2) is 3.39. The van der Waals surface area contributed by atoms with Crippen LogP contribution < -0.4 is 0 Å². The molecule has 0 spiro atoms. The monoisotopic (exact) mass is 184 g/mol. The van der Waals surface area contributed by atoms with E-state index in [2.05, 4.69) is 0 Å². The molecule has 2 fully saturated rings. The molecule has 1 N–H and O–H groups in total. The van der Waals surface area contributed by atoms with Gasteiger partial charge in [-0.3, -0.25) is 4.79 Å². The Hall–Kier alpha value is -0.410. The molecule has 3 unspecified atom stereocenters. The molecule has 4 atom stereocenters. The minimum Gasteiger partial charge on any atom is -0.368 e. The lowest BCUT2D eigenvalue weighted by Crippen LogP contribution is -2.26. The van der Waals surface area contributed by atoms with Crippen LogP contribution in [0.2, 0.25) is 0 Å². The zero-order valence-corrected chi connectivity index (χ0v) is 7.90. The maximum atomic E-state index is 11.4. The van der Waals surface area contributed by atoms with Crippen molar-refractivity contribution >= 4 is 5.78 Å². The third-order valence-corrected chi connectivity index (χ3v) is 3.62. The predicted octanol–water partition coefficient (Wildman–Crippen LogP) is 0.956. The second-order valence-electron chi connectivity index (χ2n) is 4.14. The topological polar surface area (TPSA) is 46.5 Å². The molecule has 3 nitrogen and oxygen atoms in total. The van der Waals surface area contributed by atoms with Gasteiger partial charge in [0.1, 0.15) is 5.78 Å². The fourth-order valence-corrected chi connectivity index (χ4v) is 2.94.